The minimum absolute atomic E-state index is 0.133. The van der Waals surface area contributed by atoms with Crippen molar-refractivity contribution in [1.29, 1.82) is 0 Å². The second-order valence-electron chi connectivity index (χ2n) is 7.83. The van der Waals surface area contributed by atoms with E-state index in [4.69, 9.17) is 9.47 Å². The summed E-state index contributed by atoms with van der Waals surface area (Å²) in [7, 11) is 0. The van der Waals surface area contributed by atoms with Crippen LogP contribution in [0.4, 0.5) is 5.69 Å². The molecule has 3 rings (SSSR count). The molecule has 29 heavy (non-hydrogen) atoms. The zero-order valence-electron chi connectivity index (χ0n) is 16.8. The molecular weight excluding hydrogens is 390 g/mol. The van der Waals surface area contributed by atoms with Crippen molar-refractivity contribution in [2.75, 3.05) is 24.4 Å². The van der Waals surface area contributed by atoms with Crippen molar-refractivity contribution >= 4 is 29.3 Å². The van der Waals surface area contributed by atoms with E-state index in [1.54, 1.807) is 36.5 Å². The number of carbonyl (C=O) groups is 2. The number of hydrogen-bond donors (Lipinski definition) is 2. The third-order valence-electron chi connectivity index (χ3n) is 4.17. The fourth-order valence-electron chi connectivity index (χ4n) is 2.63. The largest absolute Gasteiger partial charge is 0.454 e. The molecule has 0 spiro atoms. The van der Waals surface area contributed by atoms with E-state index >= 15 is 0 Å². The second kappa shape index (κ2) is 9.17. The number of thioether (sulfide) groups is 1. The molecule has 1 aromatic heterocycles. The maximum Gasteiger partial charge on any atom is 0.254 e. The lowest BCUT2D eigenvalue weighted by Crippen LogP contribution is -2.28. The van der Waals surface area contributed by atoms with Crippen molar-refractivity contribution in [1.82, 2.24) is 10.3 Å². The van der Waals surface area contributed by atoms with Gasteiger partial charge in [0.15, 0.2) is 11.5 Å². The fourth-order valence-corrected chi connectivity index (χ4v) is 3.42. The number of amides is 2. The highest BCUT2D eigenvalue weighted by molar-refractivity contribution is 8.00. The molecule has 8 heteroatoms. The standard InChI is InChI=1S/C21H25N3O4S/c1-21(2,3)8-10-22-19(26)15-5-4-9-23-20(15)29-12-18(25)24-14-6-7-16-17(11-14)28-13-27-16/h4-7,9,11H,8,10,12-13H2,1-3H3,(H,22,26)(H,24,25). The Labute approximate surface area is 174 Å². The average Bonchev–Trinajstić information content (AvgIpc) is 3.13. The molecule has 0 saturated heterocycles. The molecule has 0 saturated carbocycles. The first-order valence-electron chi connectivity index (χ1n) is 9.37. The summed E-state index contributed by atoms with van der Waals surface area (Å²) in [5.74, 6) is 1.02. The summed E-state index contributed by atoms with van der Waals surface area (Å²) in [6.45, 7) is 7.16. The molecule has 2 amide bonds. The van der Waals surface area contributed by atoms with E-state index in [1.165, 1.54) is 11.8 Å². The molecular formula is C21H25N3O4S. The first kappa shape index (κ1) is 21.0. The van der Waals surface area contributed by atoms with Crippen LogP contribution in [0.25, 0.3) is 0 Å². The zero-order chi connectivity index (χ0) is 20.9. The number of fused-ring (bicyclic) bond motifs is 1. The molecule has 1 aliphatic heterocycles. The molecule has 1 aliphatic rings. The number of anilines is 1. The number of nitrogens with one attached hydrogen (secondary N) is 2. The highest BCUT2D eigenvalue weighted by Crippen LogP contribution is 2.34. The number of ether oxygens (including phenoxy) is 2. The predicted molar refractivity (Wildman–Crippen MR) is 113 cm³/mol. The molecule has 2 N–H and O–H groups in total. The fraction of sp³-hybridized carbons (Fsp3) is 0.381. The Morgan fingerprint density at radius 1 is 1.17 bits per heavy atom. The number of nitrogens with zero attached hydrogens (tertiary/aromatic N) is 1. The second-order valence-corrected chi connectivity index (χ2v) is 8.79. The Morgan fingerprint density at radius 3 is 2.76 bits per heavy atom. The SMILES string of the molecule is CC(C)(C)CCNC(=O)c1cccnc1SCC(=O)Nc1ccc2c(c1)OCO2. The van der Waals surface area contributed by atoms with Gasteiger partial charge >= 0.3 is 0 Å². The number of carbonyl (C=O) groups excluding carboxylic acids is 2. The van der Waals surface area contributed by atoms with Gasteiger partial charge in [-0.05, 0) is 36.1 Å². The zero-order valence-corrected chi connectivity index (χ0v) is 17.6. The highest BCUT2D eigenvalue weighted by Gasteiger charge is 2.17. The topological polar surface area (TPSA) is 89.6 Å². The third-order valence-corrected chi connectivity index (χ3v) is 5.18. The molecule has 0 unspecified atom stereocenters. The third kappa shape index (κ3) is 6.12. The van der Waals surface area contributed by atoms with Gasteiger partial charge in [-0.15, -0.1) is 0 Å². The van der Waals surface area contributed by atoms with E-state index in [0.29, 0.717) is 34.3 Å². The van der Waals surface area contributed by atoms with Crippen LogP contribution in [0.3, 0.4) is 0 Å². The Balaban J connectivity index is 1.55. The van der Waals surface area contributed by atoms with Gasteiger partial charge in [0, 0.05) is 24.5 Å². The van der Waals surface area contributed by atoms with Crippen LogP contribution >= 0.6 is 11.8 Å². The van der Waals surface area contributed by atoms with Crippen LogP contribution in [0.15, 0.2) is 41.6 Å². The Hall–Kier alpha value is -2.74. The van der Waals surface area contributed by atoms with Crippen LogP contribution in [-0.2, 0) is 4.79 Å². The molecule has 0 atom stereocenters. The summed E-state index contributed by atoms with van der Waals surface area (Å²) in [6.07, 6.45) is 2.49. The van der Waals surface area contributed by atoms with Crippen LogP contribution in [-0.4, -0.2) is 35.9 Å². The van der Waals surface area contributed by atoms with Crippen molar-refractivity contribution in [3.63, 3.8) is 0 Å². The summed E-state index contributed by atoms with van der Waals surface area (Å²) >= 11 is 1.23. The van der Waals surface area contributed by atoms with Crippen LogP contribution < -0.4 is 20.1 Å². The number of rotatable bonds is 7. The van der Waals surface area contributed by atoms with E-state index in [0.717, 1.165) is 6.42 Å². The van der Waals surface area contributed by atoms with Crippen molar-refractivity contribution in [2.45, 2.75) is 32.2 Å². The van der Waals surface area contributed by atoms with Gasteiger partial charge in [-0.3, -0.25) is 9.59 Å². The molecule has 2 aromatic rings. The lowest BCUT2D eigenvalue weighted by atomic mass is 9.92. The van der Waals surface area contributed by atoms with Gasteiger partial charge in [-0.2, -0.15) is 0 Å². The molecule has 0 aliphatic carbocycles. The summed E-state index contributed by atoms with van der Waals surface area (Å²) in [5, 5.41) is 6.28. The smallest absolute Gasteiger partial charge is 0.254 e. The van der Waals surface area contributed by atoms with Crippen molar-refractivity contribution in [3.8, 4) is 11.5 Å². The number of hydrogen-bond acceptors (Lipinski definition) is 6. The van der Waals surface area contributed by atoms with Gasteiger partial charge in [0.1, 0.15) is 5.03 Å². The molecule has 0 radical (unpaired) electrons. The molecule has 7 nitrogen and oxygen atoms in total. The molecule has 1 aromatic carbocycles. The van der Waals surface area contributed by atoms with Crippen molar-refractivity contribution in [3.05, 3.63) is 42.1 Å². The maximum absolute atomic E-state index is 12.5. The van der Waals surface area contributed by atoms with Gasteiger partial charge in [0.25, 0.3) is 5.91 Å². The Bertz CT molecular complexity index is 896. The van der Waals surface area contributed by atoms with Gasteiger partial charge < -0.3 is 20.1 Å². The monoisotopic (exact) mass is 415 g/mol. The number of pyridine rings is 1. The lowest BCUT2D eigenvalue weighted by molar-refractivity contribution is -0.113. The van der Waals surface area contributed by atoms with Crippen LogP contribution in [0.1, 0.15) is 37.6 Å². The van der Waals surface area contributed by atoms with Crippen LogP contribution in [0.2, 0.25) is 0 Å². The average molecular weight is 416 g/mol. The van der Waals surface area contributed by atoms with Gasteiger partial charge in [0.05, 0.1) is 11.3 Å². The van der Waals surface area contributed by atoms with Crippen molar-refractivity contribution < 1.29 is 19.1 Å². The Kier molecular flexibility index (Phi) is 6.64. The van der Waals surface area contributed by atoms with E-state index in [9.17, 15) is 9.59 Å². The van der Waals surface area contributed by atoms with Crippen LogP contribution in [0, 0.1) is 5.41 Å². The van der Waals surface area contributed by atoms with Crippen LogP contribution in [0.5, 0.6) is 11.5 Å². The normalized spacial score (nSPS) is 12.5. The van der Waals surface area contributed by atoms with Crippen molar-refractivity contribution in [2.24, 2.45) is 5.41 Å². The summed E-state index contributed by atoms with van der Waals surface area (Å²) in [4.78, 5) is 29.1. The summed E-state index contributed by atoms with van der Waals surface area (Å²) < 4.78 is 10.6. The number of benzene rings is 1. The minimum Gasteiger partial charge on any atom is -0.454 e. The maximum atomic E-state index is 12.5. The van der Waals surface area contributed by atoms with Gasteiger partial charge in [-0.25, -0.2) is 4.98 Å². The van der Waals surface area contributed by atoms with E-state index in [-0.39, 0.29) is 29.8 Å². The molecule has 154 valence electrons. The molecule has 2 heterocycles. The summed E-state index contributed by atoms with van der Waals surface area (Å²) in [6, 6.07) is 8.67. The molecule has 0 bridgehead atoms. The Morgan fingerprint density at radius 2 is 1.97 bits per heavy atom. The quantitative estimate of drug-likeness (QED) is 0.670. The highest BCUT2D eigenvalue weighted by atomic mass is 32.2. The minimum atomic E-state index is -0.196. The first-order chi connectivity index (χ1) is 13.8. The van der Waals surface area contributed by atoms with E-state index < -0.39 is 0 Å². The first-order valence-corrected chi connectivity index (χ1v) is 10.4. The van der Waals surface area contributed by atoms with E-state index in [2.05, 4.69) is 36.4 Å². The lowest BCUT2D eigenvalue weighted by Gasteiger charge is -2.18. The summed E-state index contributed by atoms with van der Waals surface area (Å²) in [5.41, 5.74) is 1.25. The van der Waals surface area contributed by atoms with Gasteiger partial charge in [0.2, 0.25) is 12.7 Å². The number of aromatic nitrogens is 1. The molecule has 0 fully saturated rings. The van der Waals surface area contributed by atoms with E-state index in [1.807, 2.05) is 0 Å². The predicted octanol–water partition coefficient (Wildman–Crippen LogP) is 3.71. The van der Waals surface area contributed by atoms with Gasteiger partial charge in [-0.1, -0.05) is 32.5 Å².